The van der Waals surface area contributed by atoms with Crippen molar-refractivity contribution in [3.8, 4) is 5.69 Å². The van der Waals surface area contributed by atoms with Crippen LogP contribution in [0.15, 0.2) is 73.8 Å². The average molecular weight is 285 g/mol. The number of rotatable bonds is 4. The number of hydrogen-bond donors (Lipinski definition) is 0. The summed E-state index contributed by atoms with van der Waals surface area (Å²) in [5.74, 6) is 0. The summed E-state index contributed by atoms with van der Waals surface area (Å²) >= 11 is 0. The first-order valence-electron chi connectivity index (χ1n) is 7.38. The SMILES string of the molecule is C=C/C=C\c1c(C=C)n(-c2ccc(C)cc2)c2ccccc12. The molecular formula is C21H19N. The second-order valence-corrected chi connectivity index (χ2v) is 5.29. The Morgan fingerprint density at radius 3 is 2.36 bits per heavy atom. The van der Waals surface area contributed by atoms with Gasteiger partial charge in [-0.2, -0.15) is 0 Å². The Kier molecular flexibility index (Phi) is 3.80. The Bertz CT molecular complexity index is 861. The van der Waals surface area contributed by atoms with Crippen LogP contribution in [0.25, 0.3) is 28.7 Å². The zero-order valence-corrected chi connectivity index (χ0v) is 12.8. The fraction of sp³-hybridized carbons (Fsp3) is 0.0476. The van der Waals surface area contributed by atoms with Crippen LogP contribution in [0.5, 0.6) is 0 Å². The van der Waals surface area contributed by atoms with Crippen molar-refractivity contribution in [2.45, 2.75) is 6.92 Å². The van der Waals surface area contributed by atoms with Gasteiger partial charge in [0, 0.05) is 16.6 Å². The number of aromatic nitrogens is 1. The van der Waals surface area contributed by atoms with Crippen LogP contribution in [0.1, 0.15) is 16.8 Å². The van der Waals surface area contributed by atoms with Crippen molar-refractivity contribution in [2.24, 2.45) is 0 Å². The van der Waals surface area contributed by atoms with Crippen molar-refractivity contribution in [3.63, 3.8) is 0 Å². The lowest BCUT2D eigenvalue weighted by Crippen LogP contribution is -1.96. The van der Waals surface area contributed by atoms with Gasteiger partial charge in [0.2, 0.25) is 0 Å². The lowest BCUT2D eigenvalue weighted by atomic mass is 10.1. The summed E-state index contributed by atoms with van der Waals surface area (Å²) in [6.07, 6.45) is 7.78. The molecule has 0 saturated heterocycles. The highest BCUT2D eigenvalue weighted by atomic mass is 15.0. The highest BCUT2D eigenvalue weighted by molar-refractivity contribution is 5.95. The minimum Gasteiger partial charge on any atom is -0.309 e. The number of fused-ring (bicyclic) bond motifs is 1. The zero-order valence-electron chi connectivity index (χ0n) is 12.8. The minimum absolute atomic E-state index is 1.10. The monoisotopic (exact) mass is 285 g/mol. The summed E-state index contributed by atoms with van der Waals surface area (Å²) in [5, 5.41) is 1.22. The predicted octanol–water partition coefficient (Wildman–Crippen LogP) is 5.78. The van der Waals surface area contributed by atoms with Crippen molar-refractivity contribution in [2.75, 3.05) is 0 Å². The van der Waals surface area contributed by atoms with Gasteiger partial charge >= 0.3 is 0 Å². The number of benzene rings is 2. The molecule has 0 unspecified atom stereocenters. The van der Waals surface area contributed by atoms with Gasteiger partial charge in [-0.1, -0.05) is 67.3 Å². The Morgan fingerprint density at radius 2 is 1.68 bits per heavy atom. The lowest BCUT2D eigenvalue weighted by molar-refractivity contribution is 1.10. The Morgan fingerprint density at radius 1 is 0.955 bits per heavy atom. The van der Waals surface area contributed by atoms with E-state index in [9.17, 15) is 0 Å². The number of allylic oxidation sites excluding steroid dienone is 2. The van der Waals surface area contributed by atoms with Crippen LogP contribution < -0.4 is 0 Å². The van der Waals surface area contributed by atoms with Gasteiger partial charge in [0.1, 0.15) is 0 Å². The first-order chi connectivity index (χ1) is 10.8. The molecular weight excluding hydrogens is 266 g/mol. The van der Waals surface area contributed by atoms with Crippen LogP contribution in [-0.4, -0.2) is 4.57 Å². The lowest BCUT2D eigenvalue weighted by Gasteiger charge is -2.09. The van der Waals surface area contributed by atoms with Crippen molar-refractivity contribution < 1.29 is 0 Å². The van der Waals surface area contributed by atoms with Gasteiger partial charge in [0.05, 0.1) is 11.2 Å². The summed E-state index contributed by atoms with van der Waals surface area (Å²) < 4.78 is 2.25. The molecule has 0 aliphatic carbocycles. The summed E-state index contributed by atoms with van der Waals surface area (Å²) in [4.78, 5) is 0. The fourth-order valence-corrected chi connectivity index (χ4v) is 2.80. The third-order valence-corrected chi connectivity index (χ3v) is 3.84. The molecule has 0 amide bonds. The maximum absolute atomic E-state index is 4.02. The summed E-state index contributed by atoms with van der Waals surface area (Å²) in [7, 11) is 0. The molecule has 3 aromatic rings. The van der Waals surface area contributed by atoms with E-state index in [0.717, 1.165) is 11.4 Å². The molecule has 2 aromatic carbocycles. The van der Waals surface area contributed by atoms with Crippen LogP contribution in [0, 0.1) is 6.92 Å². The zero-order chi connectivity index (χ0) is 15.5. The van der Waals surface area contributed by atoms with Gasteiger partial charge in [0.15, 0.2) is 0 Å². The summed E-state index contributed by atoms with van der Waals surface area (Å²) in [6.45, 7) is 9.89. The number of nitrogens with zero attached hydrogens (tertiary/aromatic N) is 1. The third kappa shape index (κ3) is 2.31. The number of hydrogen-bond acceptors (Lipinski definition) is 0. The van der Waals surface area contributed by atoms with Crippen LogP contribution in [0.3, 0.4) is 0 Å². The van der Waals surface area contributed by atoms with Gasteiger partial charge in [0.25, 0.3) is 0 Å². The topological polar surface area (TPSA) is 4.93 Å². The molecule has 0 fully saturated rings. The molecule has 22 heavy (non-hydrogen) atoms. The molecule has 0 radical (unpaired) electrons. The minimum atomic E-state index is 1.10. The Balaban J connectivity index is 2.38. The first kappa shape index (κ1) is 14.2. The molecule has 1 aromatic heterocycles. The van der Waals surface area contributed by atoms with E-state index in [0.29, 0.717) is 0 Å². The van der Waals surface area contributed by atoms with Crippen molar-refractivity contribution in [3.05, 3.63) is 90.7 Å². The summed E-state index contributed by atoms with van der Waals surface area (Å²) in [6, 6.07) is 17.0. The quantitative estimate of drug-likeness (QED) is 0.535. The van der Waals surface area contributed by atoms with Crippen molar-refractivity contribution in [1.29, 1.82) is 0 Å². The highest BCUT2D eigenvalue weighted by Crippen LogP contribution is 2.31. The second-order valence-electron chi connectivity index (χ2n) is 5.29. The molecule has 1 heterocycles. The highest BCUT2D eigenvalue weighted by Gasteiger charge is 2.13. The van der Waals surface area contributed by atoms with Gasteiger partial charge in [-0.25, -0.2) is 0 Å². The maximum Gasteiger partial charge on any atom is 0.0541 e. The van der Waals surface area contributed by atoms with E-state index >= 15 is 0 Å². The van der Waals surface area contributed by atoms with Crippen molar-refractivity contribution in [1.82, 2.24) is 4.57 Å². The van der Waals surface area contributed by atoms with Crippen molar-refractivity contribution >= 4 is 23.1 Å². The van der Waals surface area contributed by atoms with Gasteiger partial charge in [-0.05, 0) is 31.2 Å². The molecule has 0 aliphatic rings. The average Bonchev–Trinajstić information content (AvgIpc) is 2.87. The molecule has 0 aliphatic heterocycles. The van der Waals surface area contributed by atoms with Crippen LogP contribution in [0.2, 0.25) is 0 Å². The van der Waals surface area contributed by atoms with Crippen LogP contribution in [-0.2, 0) is 0 Å². The molecule has 108 valence electrons. The van der Waals surface area contributed by atoms with Gasteiger partial charge in [-0.15, -0.1) is 0 Å². The van der Waals surface area contributed by atoms with E-state index in [-0.39, 0.29) is 0 Å². The Hall–Kier alpha value is -2.80. The Labute approximate surface area is 131 Å². The number of aryl methyl sites for hydroxylation is 1. The van der Waals surface area contributed by atoms with E-state index in [4.69, 9.17) is 0 Å². The molecule has 3 rings (SSSR count). The van der Waals surface area contributed by atoms with E-state index in [2.05, 4.69) is 79.3 Å². The first-order valence-corrected chi connectivity index (χ1v) is 7.38. The number of para-hydroxylation sites is 1. The van der Waals surface area contributed by atoms with Gasteiger partial charge < -0.3 is 4.57 Å². The van der Waals surface area contributed by atoms with E-state index in [1.165, 1.54) is 22.0 Å². The largest absolute Gasteiger partial charge is 0.309 e. The summed E-state index contributed by atoms with van der Waals surface area (Å²) in [5.41, 5.74) is 5.86. The standard InChI is InChI=1S/C21H19N/c1-4-6-9-18-19-10-7-8-11-21(19)22(20(18)5-2)17-14-12-16(3)13-15-17/h4-15H,1-2H2,3H3/b9-6-. The van der Waals surface area contributed by atoms with E-state index in [1.54, 1.807) is 6.08 Å². The van der Waals surface area contributed by atoms with E-state index < -0.39 is 0 Å². The van der Waals surface area contributed by atoms with Gasteiger partial charge in [-0.3, -0.25) is 0 Å². The smallest absolute Gasteiger partial charge is 0.0541 e. The van der Waals surface area contributed by atoms with E-state index in [1.807, 2.05) is 12.2 Å². The van der Waals surface area contributed by atoms with Crippen LogP contribution >= 0.6 is 0 Å². The predicted molar refractivity (Wildman–Crippen MR) is 97.3 cm³/mol. The maximum atomic E-state index is 4.02. The molecule has 0 saturated carbocycles. The third-order valence-electron chi connectivity index (χ3n) is 3.84. The normalized spacial score (nSPS) is 11.1. The molecule has 0 spiro atoms. The fourth-order valence-electron chi connectivity index (χ4n) is 2.80. The molecule has 0 bridgehead atoms. The molecule has 0 N–H and O–H groups in total. The molecule has 1 heteroatoms. The molecule has 0 atom stereocenters. The van der Waals surface area contributed by atoms with Crippen LogP contribution in [0.4, 0.5) is 0 Å². The second kappa shape index (κ2) is 5.90. The molecule has 1 nitrogen and oxygen atoms in total.